The van der Waals surface area contributed by atoms with Crippen molar-refractivity contribution in [2.45, 2.75) is 44.8 Å². The van der Waals surface area contributed by atoms with Gasteiger partial charge in [0.2, 0.25) is 5.91 Å². The Morgan fingerprint density at radius 2 is 1.80 bits per heavy atom. The van der Waals surface area contributed by atoms with Crippen LogP contribution in [0.15, 0.2) is 66.7 Å². The minimum atomic E-state index is -1.15. The number of amides is 2. The number of piperazine rings is 1. The number of benzene rings is 3. The van der Waals surface area contributed by atoms with Gasteiger partial charge in [0.25, 0.3) is 5.91 Å². The van der Waals surface area contributed by atoms with Crippen molar-refractivity contribution >= 4 is 34.3 Å². The molecule has 0 aliphatic carbocycles. The fourth-order valence-corrected chi connectivity index (χ4v) is 6.45. The predicted molar refractivity (Wildman–Crippen MR) is 160 cm³/mol. The van der Waals surface area contributed by atoms with E-state index < -0.39 is 5.54 Å². The molecule has 1 saturated heterocycles. The number of hydrogen-bond acceptors (Lipinski definition) is 4. The molecule has 2 unspecified atom stereocenters. The van der Waals surface area contributed by atoms with E-state index in [4.69, 9.17) is 21.1 Å². The third-order valence-corrected chi connectivity index (χ3v) is 8.61. The molecule has 0 saturated carbocycles. The summed E-state index contributed by atoms with van der Waals surface area (Å²) in [6.45, 7) is 6.72. The highest BCUT2D eigenvalue weighted by atomic mass is 35.5. The highest BCUT2D eigenvalue weighted by Crippen LogP contribution is 2.49. The van der Waals surface area contributed by atoms with Crippen molar-refractivity contribution in [3.63, 3.8) is 0 Å². The van der Waals surface area contributed by atoms with E-state index in [2.05, 4.69) is 11.1 Å². The van der Waals surface area contributed by atoms with Crippen molar-refractivity contribution in [3.8, 4) is 11.5 Å². The van der Waals surface area contributed by atoms with Gasteiger partial charge in [-0.3, -0.25) is 9.59 Å². The summed E-state index contributed by atoms with van der Waals surface area (Å²) in [4.78, 5) is 35.1. The van der Waals surface area contributed by atoms with Crippen LogP contribution in [0.3, 0.4) is 0 Å². The maximum Gasteiger partial charge on any atom is 0.254 e. The summed E-state index contributed by atoms with van der Waals surface area (Å²) in [7, 11) is 1.63. The van der Waals surface area contributed by atoms with Crippen LogP contribution in [-0.2, 0) is 21.5 Å². The average molecular weight is 572 g/mol. The standard InChI is InChI=1S/C33H34ClN3O4/c1-20(2)41-27-14-11-22(17-28(27)40-4)25-18-37-29(38)19-36(16-15-21-9-12-23(34)13-10-21)32(39)33(37,3)31-30(25)24-7-5-6-8-26(24)35-31/h5-14,17,20,25,35H,15-16,18-19H2,1-4H3. The lowest BCUT2D eigenvalue weighted by atomic mass is 9.76. The minimum absolute atomic E-state index is 0.00461. The number of carbonyl (C=O) groups excluding carboxylic acids is 2. The van der Waals surface area contributed by atoms with Crippen molar-refractivity contribution in [1.82, 2.24) is 14.8 Å². The van der Waals surface area contributed by atoms with Crippen LogP contribution < -0.4 is 9.47 Å². The molecule has 1 fully saturated rings. The van der Waals surface area contributed by atoms with Crippen molar-refractivity contribution in [2.24, 2.45) is 0 Å². The number of nitrogens with one attached hydrogen (secondary N) is 1. The monoisotopic (exact) mass is 571 g/mol. The van der Waals surface area contributed by atoms with Crippen molar-refractivity contribution < 1.29 is 19.1 Å². The summed E-state index contributed by atoms with van der Waals surface area (Å²) in [6, 6.07) is 21.6. The molecule has 212 valence electrons. The molecule has 41 heavy (non-hydrogen) atoms. The average Bonchev–Trinajstić information content (AvgIpc) is 3.36. The van der Waals surface area contributed by atoms with Crippen LogP contribution in [0.25, 0.3) is 10.9 Å². The fraction of sp³-hybridized carbons (Fsp3) is 0.333. The Balaban J connectivity index is 1.42. The number of nitrogens with zero attached hydrogens (tertiary/aromatic N) is 2. The Kier molecular flexibility index (Phi) is 6.94. The van der Waals surface area contributed by atoms with E-state index in [0.717, 1.165) is 33.3 Å². The summed E-state index contributed by atoms with van der Waals surface area (Å²) in [6.07, 6.45) is 0.643. The van der Waals surface area contributed by atoms with E-state index in [1.54, 1.807) is 16.9 Å². The van der Waals surface area contributed by atoms with Crippen LogP contribution in [0, 0.1) is 0 Å². The topological polar surface area (TPSA) is 74.9 Å². The largest absolute Gasteiger partial charge is 0.493 e. The Bertz CT molecular complexity index is 1630. The molecule has 2 atom stereocenters. The smallest absolute Gasteiger partial charge is 0.254 e. The third-order valence-electron chi connectivity index (χ3n) is 8.35. The Labute approximate surface area is 245 Å². The molecule has 1 aromatic heterocycles. The summed E-state index contributed by atoms with van der Waals surface area (Å²) in [5.41, 5.74) is 3.67. The van der Waals surface area contributed by atoms with E-state index in [1.165, 1.54) is 0 Å². The molecule has 7 nitrogen and oxygen atoms in total. The predicted octanol–water partition coefficient (Wildman–Crippen LogP) is 5.89. The van der Waals surface area contributed by atoms with Crippen LogP contribution in [-0.4, -0.2) is 59.4 Å². The number of H-pyrrole nitrogens is 1. The van der Waals surface area contributed by atoms with Crippen LogP contribution >= 0.6 is 11.6 Å². The van der Waals surface area contributed by atoms with Gasteiger partial charge in [-0.25, -0.2) is 0 Å². The molecule has 0 radical (unpaired) electrons. The first kappa shape index (κ1) is 27.2. The zero-order valence-corrected chi connectivity index (χ0v) is 24.5. The molecule has 3 aromatic carbocycles. The van der Waals surface area contributed by atoms with Gasteiger partial charge in [0.05, 0.1) is 25.5 Å². The lowest BCUT2D eigenvalue weighted by Gasteiger charge is -2.51. The third kappa shape index (κ3) is 4.62. The number of ether oxygens (including phenoxy) is 2. The molecule has 1 N–H and O–H groups in total. The van der Waals surface area contributed by atoms with E-state index in [0.29, 0.717) is 36.0 Å². The first-order valence-electron chi connectivity index (χ1n) is 14.0. The van der Waals surface area contributed by atoms with Gasteiger partial charge in [0, 0.05) is 34.9 Å². The van der Waals surface area contributed by atoms with Gasteiger partial charge < -0.3 is 24.3 Å². The maximum atomic E-state index is 14.3. The molecule has 4 aromatic rings. The van der Waals surface area contributed by atoms with Gasteiger partial charge in [-0.15, -0.1) is 0 Å². The van der Waals surface area contributed by atoms with Crippen LogP contribution in [0.1, 0.15) is 49.1 Å². The second kappa shape index (κ2) is 10.5. The Morgan fingerprint density at radius 1 is 1.05 bits per heavy atom. The van der Waals surface area contributed by atoms with Gasteiger partial charge in [-0.1, -0.05) is 48.0 Å². The molecule has 0 bridgehead atoms. The molecule has 0 spiro atoms. The minimum Gasteiger partial charge on any atom is -0.493 e. The van der Waals surface area contributed by atoms with E-state index in [-0.39, 0.29) is 30.4 Å². The molecule has 3 heterocycles. The Hall–Kier alpha value is -3.97. The van der Waals surface area contributed by atoms with Crippen molar-refractivity contribution in [2.75, 3.05) is 26.7 Å². The fourth-order valence-electron chi connectivity index (χ4n) is 6.32. The van der Waals surface area contributed by atoms with Crippen LogP contribution in [0.5, 0.6) is 11.5 Å². The van der Waals surface area contributed by atoms with Gasteiger partial charge >= 0.3 is 0 Å². The van der Waals surface area contributed by atoms with E-state index >= 15 is 0 Å². The highest BCUT2D eigenvalue weighted by Gasteiger charge is 2.56. The van der Waals surface area contributed by atoms with Crippen molar-refractivity contribution in [1.29, 1.82) is 0 Å². The number of halogens is 1. The van der Waals surface area contributed by atoms with Crippen molar-refractivity contribution in [3.05, 3.63) is 94.1 Å². The second-order valence-corrected chi connectivity index (χ2v) is 11.7. The molecular formula is C33H34ClN3O4. The van der Waals surface area contributed by atoms with Gasteiger partial charge in [0.15, 0.2) is 17.0 Å². The molecule has 2 aliphatic heterocycles. The quantitative estimate of drug-likeness (QED) is 0.300. The van der Waals surface area contributed by atoms with E-state index in [9.17, 15) is 9.59 Å². The van der Waals surface area contributed by atoms with Gasteiger partial charge in [0.1, 0.15) is 0 Å². The molecule has 2 aliphatic rings. The summed E-state index contributed by atoms with van der Waals surface area (Å²) >= 11 is 6.05. The number of para-hydroxylation sites is 1. The number of fused-ring (bicyclic) bond motifs is 5. The number of aromatic nitrogens is 1. The number of rotatable bonds is 7. The van der Waals surface area contributed by atoms with Gasteiger partial charge in [-0.05, 0) is 74.2 Å². The van der Waals surface area contributed by atoms with Crippen LogP contribution in [0.2, 0.25) is 5.02 Å². The molecule has 8 heteroatoms. The lowest BCUT2D eigenvalue weighted by Crippen LogP contribution is -2.67. The maximum absolute atomic E-state index is 14.3. The first-order valence-corrected chi connectivity index (χ1v) is 14.4. The number of hydrogen-bond donors (Lipinski definition) is 1. The normalized spacial score (nSPS) is 20.4. The SMILES string of the molecule is COc1cc(C2CN3C(=O)CN(CCc4ccc(Cl)cc4)C(=O)C3(C)c3[nH]c4ccccc4c32)ccc1OC(C)C. The first-order chi connectivity index (χ1) is 19.7. The molecular weight excluding hydrogens is 538 g/mol. The molecule has 2 amide bonds. The highest BCUT2D eigenvalue weighted by molar-refractivity contribution is 6.30. The zero-order valence-electron chi connectivity index (χ0n) is 23.7. The lowest BCUT2D eigenvalue weighted by molar-refractivity contribution is -0.166. The van der Waals surface area contributed by atoms with Gasteiger partial charge in [-0.2, -0.15) is 0 Å². The van der Waals surface area contributed by atoms with E-state index in [1.807, 2.05) is 81.4 Å². The Morgan fingerprint density at radius 3 is 2.54 bits per heavy atom. The summed E-state index contributed by atoms with van der Waals surface area (Å²) < 4.78 is 11.7. The van der Waals surface area contributed by atoms with Crippen LogP contribution in [0.4, 0.5) is 0 Å². The second-order valence-electron chi connectivity index (χ2n) is 11.3. The summed E-state index contributed by atoms with van der Waals surface area (Å²) in [5, 5.41) is 1.72. The number of aromatic amines is 1. The summed E-state index contributed by atoms with van der Waals surface area (Å²) in [5.74, 6) is 1.01. The number of carbonyl (C=O) groups is 2. The molecule has 6 rings (SSSR count). The number of methoxy groups -OCH3 is 1. The zero-order chi connectivity index (χ0) is 28.9.